The lowest BCUT2D eigenvalue weighted by Gasteiger charge is -1.94. The van der Waals surface area contributed by atoms with Gasteiger partial charge in [0.25, 0.3) is 5.82 Å². The van der Waals surface area contributed by atoms with Gasteiger partial charge in [-0.05, 0) is 12.1 Å². The number of esters is 1. The minimum atomic E-state index is -0.580. The quantitative estimate of drug-likeness (QED) is 0.700. The second-order valence-corrected chi connectivity index (χ2v) is 2.97. The molecule has 7 heteroatoms. The van der Waals surface area contributed by atoms with Crippen LogP contribution in [0.5, 0.6) is 0 Å². The van der Waals surface area contributed by atoms with Crippen molar-refractivity contribution in [3.63, 3.8) is 0 Å². The lowest BCUT2D eigenvalue weighted by molar-refractivity contribution is 0.0508. The number of hydrogen-bond donors (Lipinski definition) is 0. The first-order valence-electron chi connectivity index (χ1n) is 4.75. The molecule has 0 amide bonds. The van der Waals surface area contributed by atoms with E-state index in [1.165, 1.54) is 0 Å². The summed E-state index contributed by atoms with van der Waals surface area (Å²) in [7, 11) is 0. The molecule has 0 radical (unpaired) electrons. The Morgan fingerprint density at radius 2 is 2.50 bits per heavy atom. The van der Waals surface area contributed by atoms with Crippen molar-refractivity contribution in [2.75, 3.05) is 6.61 Å². The maximum atomic E-state index is 11.2. The number of carbonyl (C=O) groups is 1. The van der Waals surface area contributed by atoms with Crippen LogP contribution in [-0.4, -0.2) is 32.3 Å². The second-order valence-electron chi connectivity index (χ2n) is 2.97. The predicted molar refractivity (Wildman–Crippen MR) is 51.6 cm³/mol. The van der Waals surface area contributed by atoms with Crippen LogP contribution >= 0.6 is 0 Å². The van der Waals surface area contributed by atoms with E-state index in [2.05, 4.69) is 15.1 Å². The molecule has 0 aliphatic carbocycles. The summed E-state index contributed by atoms with van der Waals surface area (Å²) in [4.78, 5) is 19.0. The van der Waals surface area contributed by atoms with Crippen LogP contribution in [-0.2, 0) is 11.3 Å². The third-order valence-electron chi connectivity index (χ3n) is 1.80. The number of imidazole rings is 1. The van der Waals surface area contributed by atoms with Crippen LogP contribution in [0.4, 0.5) is 0 Å². The highest BCUT2D eigenvalue weighted by atomic mass is 16.5. The Kier molecular flexibility index (Phi) is 2.95. The molecule has 2 heterocycles. The summed E-state index contributed by atoms with van der Waals surface area (Å²) in [5.74, 6) is -0.304. The zero-order chi connectivity index (χ0) is 11.4. The van der Waals surface area contributed by atoms with E-state index in [0.717, 1.165) is 0 Å². The molecule has 0 N–H and O–H groups in total. The lowest BCUT2D eigenvalue weighted by atomic mass is 10.6. The van der Waals surface area contributed by atoms with E-state index < -0.39 is 5.97 Å². The molecule has 0 spiro atoms. The van der Waals surface area contributed by atoms with E-state index in [1.807, 2.05) is 0 Å². The predicted octanol–water partition coefficient (Wildman–Crippen LogP) is 0.491. The molecule has 2 aromatic rings. The van der Waals surface area contributed by atoms with Crippen molar-refractivity contribution in [2.24, 2.45) is 0 Å². The van der Waals surface area contributed by atoms with Crippen LogP contribution in [0.2, 0.25) is 0 Å². The van der Waals surface area contributed by atoms with E-state index in [4.69, 9.17) is 9.26 Å². The summed E-state index contributed by atoms with van der Waals surface area (Å²) in [5, 5.41) is 3.52. The number of aromatic nitrogens is 4. The Hall–Kier alpha value is -2.18. The van der Waals surface area contributed by atoms with Gasteiger partial charge >= 0.3 is 5.97 Å². The van der Waals surface area contributed by atoms with Crippen molar-refractivity contribution in [2.45, 2.75) is 13.5 Å². The van der Waals surface area contributed by atoms with Crippen LogP contribution < -0.4 is 0 Å². The number of nitrogens with zero attached hydrogens (tertiary/aromatic N) is 4. The zero-order valence-electron chi connectivity index (χ0n) is 8.66. The molecule has 0 saturated heterocycles. The van der Waals surface area contributed by atoms with Gasteiger partial charge in [-0.2, -0.15) is 4.98 Å². The van der Waals surface area contributed by atoms with E-state index in [1.54, 1.807) is 30.2 Å². The highest BCUT2D eigenvalue weighted by Gasteiger charge is 2.15. The average molecular weight is 222 g/mol. The number of carbonyl (C=O) groups excluding carboxylic acids is 1. The van der Waals surface area contributed by atoms with Crippen LogP contribution in [0, 0.1) is 0 Å². The fraction of sp³-hybridized carbons (Fsp3) is 0.333. The van der Waals surface area contributed by atoms with Gasteiger partial charge in [0.2, 0.25) is 5.89 Å². The van der Waals surface area contributed by atoms with Crippen molar-refractivity contribution < 1.29 is 14.1 Å². The molecular weight excluding hydrogens is 212 g/mol. The Morgan fingerprint density at radius 3 is 3.19 bits per heavy atom. The molecule has 2 rings (SSSR count). The van der Waals surface area contributed by atoms with E-state index >= 15 is 0 Å². The Labute approximate surface area is 91.0 Å². The molecular formula is C9H10N4O3. The largest absolute Gasteiger partial charge is 0.460 e. The summed E-state index contributed by atoms with van der Waals surface area (Å²) in [6.07, 6.45) is 5.02. The molecule has 0 saturated carbocycles. The third kappa shape index (κ3) is 2.25. The van der Waals surface area contributed by atoms with Gasteiger partial charge in [0.05, 0.1) is 12.9 Å². The normalized spacial score (nSPS) is 10.3. The summed E-state index contributed by atoms with van der Waals surface area (Å²) < 4.78 is 11.4. The molecule has 0 aromatic carbocycles. The Morgan fingerprint density at radius 1 is 1.62 bits per heavy atom. The van der Waals surface area contributed by atoms with Crippen LogP contribution in [0.3, 0.4) is 0 Å². The standard InChI is InChI=1S/C9H10N4O3/c1-2-15-9(14)8-11-7(16-12-8)5-13-4-3-10-6-13/h3-4,6H,2,5H2,1H3. The van der Waals surface area contributed by atoms with Gasteiger partial charge in [-0.25, -0.2) is 9.78 Å². The summed E-state index contributed by atoms with van der Waals surface area (Å²) in [6, 6.07) is 0. The summed E-state index contributed by atoms with van der Waals surface area (Å²) >= 11 is 0. The van der Waals surface area contributed by atoms with Gasteiger partial charge in [0, 0.05) is 12.4 Å². The first-order valence-corrected chi connectivity index (χ1v) is 4.75. The molecule has 7 nitrogen and oxygen atoms in total. The molecule has 0 bridgehead atoms. The molecule has 16 heavy (non-hydrogen) atoms. The topological polar surface area (TPSA) is 83.0 Å². The summed E-state index contributed by atoms with van der Waals surface area (Å²) in [6.45, 7) is 2.38. The van der Waals surface area contributed by atoms with Gasteiger partial charge in [-0.15, -0.1) is 0 Å². The third-order valence-corrected chi connectivity index (χ3v) is 1.80. The van der Waals surface area contributed by atoms with Crippen molar-refractivity contribution in [1.29, 1.82) is 0 Å². The molecule has 0 aliphatic rings. The van der Waals surface area contributed by atoms with Gasteiger partial charge < -0.3 is 13.8 Å². The van der Waals surface area contributed by atoms with Crippen molar-refractivity contribution >= 4 is 5.97 Å². The van der Waals surface area contributed by atoms with Gasteiger partial charge in [0.1, 0.15) is 6.54 Å². The molecule has 84 valence electrons. The highest BCUT2D eigenvalue weighted by molar-refractivity contribution is 5.84. The summed E-state index contributed by atoms with van der Waals surface area (Å²) in [5.41, 5.74) is 0. The Bertz CT molecular complexity index is 463. The number of rotatable bonds is 4. The van der Waals surface area contributed by atoms with Crippen LogP contribution in [0.1, 0.15) is 23.4 Å². The first kappa shape index (κ1) is 10.3. The molecule has 0 fully saturated rings. The maximum absolute atomic E-state index is 11.2. The smallest absolute Gasteiger partial charge is 0.379 e. The van der Waals surface area contributed by atoms with Crippen molar-refractivity contribution in [3.05, 3.63) is 30.4 Å². The van der Waals surface area contributed by atoms with E-state index in [9.17, 15) is 4.79 Å². The number of hydrogen-bond acceptors (Lipinski definition) is 6. The minimum absolute atomic E-state index is 0.0584. The molecule has 0 aliphatic heterocycles. The van der Waals surface area contributed by atoms with Crippen LogP contribution in [0.25, 0.3) is 0 Å². The SMILES string of the molecule is CCOC(=O)c1noc(Cn2ccnc2)n1. The van der Waals surface area contributed by atoms with Gasteiger partial charge in [-0.3, -0.25) is 0 Å². The zero-order valence-corrected chi connectivity index (χ0v) is 8.66. The Balaban J connectivity index is 2.05. The molecule has 0 atom stereocenters. The van der Waals surface area contributed by atoms with Gasteiger partial charge in [0.15, 0.2) is 0 Å². The van der Waals surface area contributed by atoms with Crippen molar-refractivity contribution in [1.82, 2.24) is 19.7 Å². The highest BCUT2D eigenvalue weighted by Crippen LogP contribution is 2.01. The van der Waals surface area contributed by atoms with E-state index in [-0.39, 0.29) is 12.4 Å². The fourth-order valence-electron chi connectivity index (χ4n) is 1.13. The fourth-order valence-corrected chi connectivity index (χ4v) is 1.13. The second kappa shape index (κ2) is 4.56. The van der Waals surface area contributed by atoms with E-state index in [0.29, 0.717) is 12.4 Å². The van der Waals surface area contributed by atoms with Gasteiger partial charge in [-0.1, -0.05) is 0 Å². The number of ether oxygens (including phenoxy) is 1. The maximum Gasteiger partial charge on any atom is 0.379 e. The monoisotopic (exact) mass is 222 g/mol. The van der Waals surface area contributed by atoms with Crippen molar-refractivity contribution in [3.8, 4) is 0 Å². The lowest BCUT2D eigenvalue weighted by Crippen LogP contribution is -2.07. The van der Waals surface area contributed by atoms with Crippen LogP contribution in [0.15, 0.2) is 23.2 Å². The molecule has 2 aromatic heterocycles. The first-order chi connectivity index (χ1) is 7.79. The minimum Gasteiger partial charge on any atom is -0.460 e. The average Bonchev–Trinajstić information content (AvgIpc) is 2.90. The molecule has 0 unspecified atom stereocenters.